The molecule has 0 aliphatic heterocycles. The minimum absolute atomic E-state index is 0.0242. The highest BCUT2D eigenvalue weighted by Crippen LogP contribution is 2.27. The van der Waals surface area contributed by atoms with Gasteiger partial charge in [0.15, 0.2) is 5.43 Å². The number of benzene rings is 3. The lowest BCUT2D eigenvalue weighted by atomic mass is 10.0. The van der Waals surface area contributed by atoms with Crippen molar-refractivity contribution in [2.45, 2.75) is 0 Å². The van der Waals surface area contributed by atoms with Crippen LogP contribution < -0.4 is 5.43 Å². The first-order valence-corrected chi connectivity index (χ1v) is 6.36. The zero-order chi connectivity index (χ0) is 13.7. The Morgan fingerprint density at radius 3 is 2.50 bits per heavy atom. The van der Waals surface area contributed by atoms with Crippen LogP contribution in [0.2, 0.25) is 0 Å². The van der Waals surface area contributed by atoms with Crippen LogP contribution in [0.3, 0.4) is 0 Å². The van der Waals surface area contributed by atoms with Crippen LogP contribution in [0.25, 0.3) is 32.6 Å². The van der Waals surface area contributed by atoms with E-state index in [1.165, 1.54) is 12.1 Å². The van der Waals surface area contributed by atoms with E-state index in [1.54, 1.807) is 18.2 Å². The molecule has 0 saturated heterocycles. The van der Waals surface area contributed by atoms with E-state index in [-0.39, 0.29) is 11.2 Å². The van der Waals surface area contributed by atoms with Crippen molar-refractivity contribution >= 4 is 32.6 Å². The fraction of sp³-hybridized carbons (Fsp3) is 0. The summed E-state index contributed by atoms with van der Waals surface area (Å²) >= 11 is 0. The van der Waals surface area contributed by atoms with E-state index in [0.29, 0.717) is 5.52 Å². The Labute approximate surface area is 113 Å². The second-order valence-electron chi connectivity index (χ2n) is 4.89. The molecule has 0 bridgehead atoms. The third-order valence-electron chi connectivity index (χ3n) is 3.63. The summed E-state index contributed by atoms with van der Waals surface area (Å²) in [6.07, 6.45) is 0. The molecule has 0 spiro atoms. The van der Waals surface area contributed by atoms with Crippen LogP contribution in [0.4, 0.5) is 4.39 Å². The summed E-state index contributed by atoms with van der Waals surface area (Å²) < 4.78 is 13.9. The van der Waals surface area contributed by atoms with E-state index in [0.717, 1.165) is 27.1 Å². The molecule has 0 amide bonds. The molecule has 0 unspecified atom stereocenters. The Morgan fingerprint density at radius 2 is 1.60 bits per heavy atom. The highest BCUT2D eigenvalue weighted by molar-refractivity contribution is 6.08. The number of para-hydroxylation sites is 1. The SMILES string of the molecule is O=c1ccc2c(ccc3cc4cccc(F)c4[nH]c32)c1. The van der Waals surface area contributed by atoms with Gasteiger partial charge in [0.2, 0.25) is 0 Å². The van der Waals surface area contributed by atoms with Gasteiger partial charge >= 0.3 is 0 Å². The lowest BCUT2D eigenvalue weighted by Gasteiger charge is -2.07. The van der Waals surface area contributed by atoms with Crippen LogP contribution in [0, 0.1) is 5.82 Å². The first kappa shape index (κ1) is 11.2. The quantitative estimate of drug-likeness (QED) is 0.378. The molecular formula is C17H10FNO. The largest absolute Gasteiger partial charge is 0.352 e. The van der Waals surface area contributed by atoms with Crippen molar-refractivity contribution in [1.29, 1.82) is 0 Å². The normalized spacial score (nSPS) is 11.4. The molecule has 4 aromatic rings. The molecule has 1 N–H and O–H groups in total. The first-order chi connectivity index (χ1) is 9.72. The monoisotopic (exact) mass is 263 g/mol. The number of H-pyrrole nitrogens is 1. The summed E-state index contributed by atoms with van der Waals surface area (Å²) in [6.45, 7) is 0. The number of fused-ring (bicyclic) bond motifs is 4. The van der Waals surface area contributed by atoms with E-state index < -0.39 is 0 Å². The fourth-order valence-corrected chi connectivity index (χ4v) is 2.67. The summed E-state index contributed by atoms with van der Waals surface area (Å²) in [6, 6.07) is 15.7. The van der Waals surface area contributed by atoms with Gasteiger partial charge in [-0.1, -0.05) is 24.3 Å². The predicted octanol–water partition coefficient (Wildman–Crippen LogP) is 3.97. The minimum atomic E-state index is -0.276. The van der Waals surface area contributed by atoms with E-state index in [1.807, 2.05) is 24.3 Å². The van der Waals surface area contributed by atoms with Gasteiger partial charge in [-0.05, 0) is 41.1 Å². The Morgan fingerprint density at radius 1 is 0.800 bits per heavy atom. The summed E-state index contributed by atoms with van der Waals surface area (Å²) in [5, 5.41) is 3.61. The van der Waals surface area contributed by atoms with Gasteiger partial charge in [-0.25, -0.2) is 4.39 Å². The predicted molar refractivity (Wildman–Crippen MR) is 79.5 cm³/mol. The topological polar surface area (TPSA) is 32.9 Å². The molecule has 3 aromatic carbocycles. The van der Waals surface area contributed by atoms with Gasteiger partial charge in [-0.3, -0.25) is 4.79 Å². The maximum Gasteiger partial charge on any atom is 0.179 e. The van der Waals surface area contributed by atoms with Crippen LogP contribution in [0.15, 0.2) is 59.4 Å². The number of nitrogens with one attached hydrogen (secondary N) is 1. The Bertz CT molecular complexity index is 1030. The highest BCUT2D eigenvalue weighted by Gasteiger charge is 2.06. The molecule has 0 aliphatic carbocycles. The lowest BCUT2D eigenvalue weighted by Crippen LogP contribution is -1.95. The van der Waals surface area contributed by atoms with Gasteiger partial charge in [0.1, 0.15) is 5.82 Å². The molecule has 0 fully saturated rings. The molecule has 0 saturated carbocycles. The van der Waals surface area contributed by atoms with Crippen LogP contribution in [0.5, 0.6) is 0 Å². The molecule has 3 heteroatoms. The maximum atomic E-state index is 13.9. The van der Waals surface area contributed by atoms with E-state index in [9.17, 15) is 9.18 Å². The highest BCUT2D eigenvalue weighted by atomic mass is 19.1. The number of rotatable bonds is 0. The Balaban J connectivity index is 2.26. The van der Waals surface area contributed by atoms with E-state index in [2.05, 4.69) is 4.98 Å². The van der Waals surface area contributed by atoms with Crippen molar-refractivity contribution in [1.82, 2.24) is 4.98 Å². The van der Waals surface area contributed by atoms with Crippen LogP contribution in [0.1, 0.15) is 0 Å². The van der Waals surface area contributed by atoms with Crippen molar-refractivity contribution in [2.75, 3.05) is 0 Å². The lowest BCUT2D eigenvalue weighted by molar-refractivity contribution is 0.637. The number of aromatic nitrogens is 1. The number of pyridine rings is 1. The van der Waals surface area contributed by atoms with Crippen LogP contribution in [-0.4, -0.2) is 4.98 Å². The van der Waals surface area contributed by atoms with Gasteiger partial charge in [-0.15, -0.1) is 0 Å². The van der Waals surface area contributed by atoms with Crippen molar-refractivity contribution in [3.63, 3.8) is 0 Å². The zero-order valence-electron chi connectivity index (χ0n) is 10.5. The molecule has 4 rings (SSSR count). The van der Waals surface area contributed by atoms with Gasteiger partial charge in [0.25, 0.3) is 0 Å². The number of halogens is 1. The second-order valence-corrected chi connectivity index (χ2v) is 4.89. The van der Waals surface area contributed by atoms with Gasteiger partial charge < -0.3 is 4.98 Å². The fourth-order valence-electron chi connectivity index (χ4n) is 2.67. The molecule has 2 nitrogen and oxygen atoms in total. The molecule has 0 atom stereocenters. The number of hydrogen-bond donors (Lipinski definition) is 1. The molecule has 0 radical (unpaired) electrons. The van der Waals surface area contributed by atoms with E-state index in [4.69, 9.17) is 0 Å². The molecular weight excluding hydrogens is 253 g/mol. The second kappa shape index (κ2) is 3.90. The summed E-state index contributed by atoms with van der Waals surface area (Å²) in [4.78, 5) is 14.6. The third-order valence-corrected chi connectivity index (χ3v) is 3.63. The average Bonchev–Trinajstić information content (AvgIpc) is 2.45. The smallest absolute Gasteiger partial charge is 0.179 e. The molecule has 20 heavy (non-hydrogen) atoms. The Kier molecular flexibility index (Phi) is 2.18. The van der Waals surface area contributed by atoms with Crippen molar-refractivity contribution in [3.05, 3.63) is 70.6 Å². The van der Waals surface area contributed by atoms with Crippen molar-refractivity contribution in [2.24, 2.45) is 0 Å². The van der Waals surface area contributed by atoms with Crippen LogP contribution >= 0.6 is 0 Å². The summed E-state index contributed by atoms with van der Waals surface area (Å²) in [7, 11) is 0. The van der Waals surface area contributed by atoms with Gasteiger partial charge in [0, 0.05) is 10.8 Å². The van der Waals surface area contributed by atoms with Crippen LogP contribution in [-0.2, 0) is 0 Å². The van der Waals surface area contributed by atoms with E-state index >= 15 is 0 Å². The maximum absolute atomic E-state index is 13.9. The molecule has 0 aliphatic rings. The van der Waals surface area contributed by atoms with Crippen molar-refractivity contribution < 1.29 is 4.39 Å². The Hall–Kier alpha value is -2.68. The molecule has 1 aromatic heterocycles. The number of hydrogen-bond acceptors (Lipinski definition) is 1. The summed E-state index contributed by atoms with van der Waals surface area (Å²) in [5.41, 5.74) is 1.31. The van der Waals surface area contributed by atoms with Gasteiger partial charge in [-0.2, -0.15) is 0 Å². The average molecular weight is 263 g/mol. The molecule has 96 valence electrons. The standard InChI is InChI=1S/C17H10FNO/c18-15-3-1-2-11-8-12-5-4-10-9-13(20)6-7-14(10)16(12)19-17(11)15/h1-9,19H. The van der Waals surface area contributed by atoms with Gasteiger partial charge in [0.05, 0.1) is 11.0 Å². The number of aromatic amines is 1. The first-order valence-electron chi connectivity index (χ1n) is 6.36. The minimum Gasteiger partial charge on any atom is -0.352 e. The third kappa shape index (κ3) is 1.53. The van der Waals surface area contributed by atoms with Crippen molar-refractivity contribution in [3.8, 4) is 0 Å². The summed E-state index contributed by atoms with van der Waals surface area (Å²) in [5.74, 6) is -0.276. The zero-order valence-corrected chi connectivity index (χ0v) is 10.5. The molecule has 1 heterocycles.